The minimum atomic E-state index is -4.18. The van der Waals surface area contributed by atoms with Gasteiger partial charge in [0, 0.05) is 21.5 Å². The average molecular weight is 326 g/mol. The van der Waals surface area contributed by atoms with Gasteiger partial charge in [-0.05, 0) is 24.3 Å². The summed E-state index contributed by atoms with van der Waals surface area (Å²) in [6.45, 7) is 0. The second-order valence-electron chi connectivity index (χ2n) is 4.19. The molecule has 2 aromatic carbocycles. The molecule has 0 fully saturated rings. The molecule has 1 aromatic heterocycles. The molecule has 0 aliphatic carbocycles. The van der Waals surface area contributed by atoms with Crippen molar-refractivity contribution in [1.82, 2.24) is 4.72 Å². The number of carbonyl (C=O) groups excluding carboxylic acids is 1. The zero-order valence-electron chi connectivity index (χ0n) is 10.4. The number of furan rings is 1. The molecule has 0 radical (unpaired) electrons. The van der Waals surface area contributed by atoms with Gasteiger partial charge in [0.15, 0.2) is 0 Å². The van der Waals surface area contributed by atoms with Gasteiger partial charge < -0.3 is 9.15 Å². The maximum absolute atomic E-state index is 11.3. The molecule has 21 heavy (non-hydrogen) atoms. The molecule has 0 aliphatic rings. The van der Waals surface area contributed by atoms with Crippen LogP contribution >= 0.6 is 10.7 Å². The van der Waals surface area contributed by atoms with Crippen molar-refractivity contribution in [2.45, 2.75) is 0 Å². The summed E-state index contributed by atoms with van der Waals surface area (Å²) in [6, 6.07) is 12.1. The Kier molecular flexibility index (Phi) is 3.23. The predicted octanol–water partition coefficient (Wildman–Crippen LogP) is 3.16. The van der Waals surface area contributed by atoms with Crippen LogP contribution in [0.2, 0.25) is 0 Å². The molecule has 1 N–H and O–H groups in total. The fraction of sp³-hybridized carbons (Fsp3) is 0. The van der Waals surface area contributed by atoms with Crippen LogP contribution in [0, 0.1) is 0 Å². The summed E-state index contributed by atoms with van der Waals surface area (Å²) in [5.74, 6) is 0.173. The molecule has 0 atom stereocenters. The zero-order valence-corrected chi connectivity index (χ0v) is 11.9. The van der Waals surface area contributed by atoms with Crippen molar-refractivity contribution < 1.29 is 22.4 Å². The summed E-state index contributed by atoms with van der Waals surface area (Å²) < 4.78 is 33.4. The Morgan fingerprint density at radius 2 is 1.81 bits per heavy atom. The normalized spacial score (nSPS) is 11.7. The largest absolute Gasteiger partial charge is 0.456 e. The minimum absolute atomic E-state index is 0.173. The van der Waals surface area contributed by atoms with Crippen LogP contribution in [0.4, 0.5) is 4.79 Å². The van der Waals surface area contributed by atoms with E-state index in [2.05, 4.69) is 0 Å². The molecule has 6 nitrogen and oxygen atoms in total. The summed E-state index contributed by atoms with van der Waals surface area (Å²) >= 11 is 0. The maximum atomic E-state index is 11.3. The lowest BCUT2D eigenvalue weighted by molar-refractivity contribution is 0.207. The summed E-state index contributed by atoms with van der Waals surface area (Å²) in [5.41, 5.74) is 1.34. The molecule has 0 spiro atoms. The van der Waals surface area contributed by atoms with E-state index in [0.717, 1.165) is 10.8 Å². The third-order valence-electron chi connectivity index (χ3n) is 2.76. The standard InChI is InChI=1S/C13H8ClNO5S/c14-21(17,18)15-13(16)19-8-5-6-12-10(7-8)9-3-1-2-4-11(9)20-12/h1-7H,(H,15,16). The van der Waals surface area contributed by atoms with Gasteiger partial charge in [-0.15, -0.1) is 0 Å². The van der Waals surface area contributed by atoms with Crippen molar-refractivity contribution in [3.8, 4) is 5.75 Å². The van der Waals surface area contributed by atoms with E-state index in [1.807, 2.05) is 24.3 Å². The molecule has 8 heteroatoms. The van der Waals surface area contributed by atoms with Crippen LogP contribution in [-0.4, -0.2) is 14.5 Å². The van der Waals surface area contributed by atoms with Crippen LogP contribution in [0.15, 0.2) is 46.9 Å². The number of amides is 1. The number of rotatable bonds is 2. The van der Waals surface area contributed by atoms with Crippen molar-refractivity contribution in [3.05, 3.63) is 42.5 Å². The van der Waals surface area contributed by atoms with E-state index in [-0.39, 0.29) is 5.75 Å². The third-order valence-corrected chi connectivity index (χ3v) is 3.41. The molecule has 1 amide bonds. The van der Waals surface area contributed by atoms with E-state index in [4.69, 9.17) is 19.8 Å². The van der Waals surface area contributed by atoms with Gasteiger partial charge >= 0.3 is 15.3 Å². The molecule has 108 valence electrons. The van der Waals surface area contributed by atoms with Crippen LogP contribution in [-0.2, 0) is 9.24 Å². The number of carbonyl (C=O) groups is 1. The summed E-state index contributed by atoms with van der Waals surface area (Å²) in [6.07, 6.45) is -1.18. The Morgan fingerprint density at radius 1 is 1.10 bits per heavy atom. The molecule has 3 rings (SSSR count). The van der Waals surface area contributed by atoms with Crippen LogP contribution in [0.25, 0.3) is 21.9 Å². The summed E-state index contributed by atoms with van der Waals surface area (Å²) in [5, 5.41) is 1.62. The van der Waals surface area contributed by atoms with Gasteiger partial charge in [0.2, 0.25) is 0 Å². The molecular weight excluding hydrogens is 318 g/mol. The lowest BCUT2D eigenvalue weighted by atomic mass is 10.1. The van der Waals surface area contributed by atoms with Gasteiger partial charge in [-0.25, -0.2) is 9.52 Å². The third kappa shape index (κ3) is 2.93. The van der Waals surface area contributed by atoms with Crippen LogP contribution in [0.1, 0.15) is 0 Å². The number of hydrogen-bond acceptors (Lipinski definition) is 5. The molecule has 0 unspecified atom stereocenters. The summed E-state index contributed by atoms with van der Waals surface area (Å²) in [4.78, 5) is 11.3. The topological polar surface area (TPSA) is 85.6 Å². The fourth-order valence-electron chi connectivity index (χ4n) is 2.00. The van der Waals surface area contributed by atoms with Gasteiger partial charge in [-0.3, -0.25) is 0 Å². The monoisotopic (exact) mass is 325 g/mol. The van der Waals surface area contributed by atoms with Gasteiger partial charge in [0.05, 0.1) is 0 Å². The molecule has 0 saturated carbocycles. The van der Waals surface area contributed by atoms with Gasteiger partial charge in [-0.1, -0.05) is 18.2 Å². The molecular formula is C13H8ClNO5S. The quantitative estimate of drug-likeness (QED) is 0.731. The van der Waals surface area contributed by atoms with E-state index in [1.54, 1.807) is 12.1 Å². The fourth-order valence-corrected chi connectivity index (χ4v) is 2.43. The SMILES string of the molecule is O=C(NS(=O)(=O)Cl)Oc1ccc2oc3ccccc3c2c1. The molecule has 0 saturated heterocycles. The number of hydrogen-bond donors (Lipinski definition) is 1. The second-order valence-corrected chi connectivity index (χ2v) is 6.48. The first kappa shape index (κ1) is 13.7. The predicted molar refractivity (Wildman–Crippen MR) is 77.7 cm³/mol. The van der Waals surface area contributed by atoms with Crippen molar-refractivity contribution in [1.29, 1.82) is 0 Å². The molecule has 0 aliphatic heterocycles. The van der Waals surface area contributed by atoms with E-state index in [0.29, 0.717) is 11.2 Å². The van der Waals surface area contributed by atoms with Crippen molar-refractivity contribution in [2.75, 3.05) is 0 Å². The average Bonchev–Trinajstić information content (AvgIpc) is 2.74. The van der Waals surface area contributed by atoms with E-state index in [9.17, 15) is 13.2 Å². The van der Waals surface area contributed by atoms with Crippen molar-refractivity contribution >= 4 is 48.0 Å². The van der Waals surface area contributed by atoms with E-state index in [1.165, 1.54) is 10.8 Å². The Bertz CT molecular complexity index is 948. The first-order valence-electron chi connectivity index (χ1n) is 5.78. The van der Waals surface area contributed by atoms with Gasteiger partial charge in [-0.2, -0.15) is 8.42 Å². The zero-order chi connectivity index (χ0) is 15.0. The van der Waals surface area contributed by atoms with Crippen LogP contribution in [0.5, 0.6) is 5.75 Å². The Hall–Kier alpha value is -2.25. The summed E-state index contributed by atoms with van der Waals surface area (Å²) in [7, 11) is 0.715. The number of nitrogens with one attached hydrogen (secondary N) is 1. The Labute approximate surface area is 123 Å². The first-order valence-corrected chi connectivity index (χ1v) is 8.09. The van der Waals surface area contributed by atoms with Crippen LogP contribution < -0.4 is 9.46 Å². The van der Waals surface area contributed by atoms with E-state index >= 15 is 0 Å². The highest BCUT2D eigenvalue weighted by molar-refractivity contribution is 8.12. The minimum Gasteiger partial charge on any atom is -0.456 e. The number of fused-ring (bicyclic) bond motifs is 3. The molecule has 0 bridgehead atoms. The highest BCUT2D eigenvalue weighted by Gasteiger charge is 2.14. The lowest BCUT2D eigenvalue weighted by Crippen LogP contribution is -2.29. The smallest absolute Gasteiger partial charge is 0.427 e. The van der Waals surface area contributed by atoms with Crippen molar-refractivity contribution in [2.24, 2.45) is 0 Å². The number of para-hydroxylation sites is 1. The first-order chi connectivity index (χ1) is 9.92. The van der Waals surface area contributed by atoms with Gasteiger partial charge in [0.1, 0.15) is 16.9 Å². The highest BCUT2D eigenvalue weighted by atomic mass is 35.7. The van der Waals surface area contributed by atoms with Crippen molar-refractivity contribution in [3.63, 3.8) is 0 Å². The molecule has 1 heterocycles. The molecule has 3 aromatic rings. The lowest BCUT2D eigenvalue weighted by Gasteiger charge is -2.03. The van der Waals surface area contributed by atoms with Crippen LogP contribution in [0.3, 0.4) is 0 Å². The number of benzene rings is 2. The maximum Gasteiger partial charge on any atom is 0.427 e. The Morgan fingerprint density at radius 3 is 2.57 bits per heavy atom. The number of ether oxygens (including phenoxy) is 1. The Balaban J connectivity index is 1.97. The second kappa shape index (κ2) is 4.94. The van der Waals surface area contributed by atoms with Gasteiger partial charge in [0.25, 0.3) is 0 Å². The number of halogens is 1. The van der Waals surface area contributed by atoms with E-state index < -0.39 is 15.3 Å². The highest BCUT2D eigenvalue weighted by Crippen LogP contribution is 2.31.